The molecule has 7 nitrogen and oxygen atoms in total. The van der Waals surface area contributed by atoms with Gasteiger partial charge in [-0.05, 0) is 62.3 Å². The minimum Gasteiger partial charge on any atom is -0.495 e. The first-order chi connectivity index (χ1) is 14.9. The highest BCUT2D eigenvalue weighted by atomic mass is 19.3. The van der Waals surface area contributed by atoms with Crippen LogP contribution in [-0.4, -0.2) is 50.1 Å². The van der Waals surface area contributed by atoms with Gasteiger partial charge < -0.3 is 20.1 Å². The summed E-state index contributed by atoms with van der Waals surface area (Å²) >= 11 is 0. The zero-order valence-corrected chi connectivity index (χ0v) is 17.1. The Morgan fingerprint density at radius 1 is 1.06 bits per heavy atom. The van der Waals surface area contributed by atoms with Gasteiger partial charge in [-0.25, -0.2) is 0 Å². The second-order valence-corrected chi connectivity index (χ2v) is 7.19. The molecule has 1 aliphatic rings. The van der Waals surface area contributed by atoms with E-state index in [1.54, 1.807) is 19.2 Å². The van der Waals surface area contributed by atoms with Gasteiger partial charge in [0.2, 0.25) is 11.8 Å². The number of likely N-dealkylation sites (tertiary alicyclic amines) is 1. The van der Waals surface area contributed by atoms with Crippen LogP contribution in [0.15, 0.2) is 48.5 Å². The second kappa shape index (κ2) is 10.7. The van der Waals surface area contributed by atoms with Crippen LogP contribution in [0.4, 0.5) is 20.2 Å². The number of nitrogens with one attached hydrogen (secondary N) is 2. The topological polar surface area (TPSA) is 79.9 Å². The van der Waals surface area contributed by atoms with Gasteiger partial charge in [-0.2, -0.15) is 8.78 Å². The minimum atomic E-state index is -2.89. The summed E-state index contributed by atoms with van der Waals surface area (Å²) in [4.78, 5) is 26.8. The third kappa shape index (κ3) is 6.65. The molecule has 9 heteroatoms. The summed E-state index contributed by atoms with van der Waals surface area (Å²) in [6.45, 7) is -1.45. The van der Waals surface area contributed by atoms with Crippen LogP contribution in [0.5, 0.6) is 11.5 Å². The Balaban J connectivity index is 1.43. The van der Waals surface area contributed by atoms with Gasteiger partial charge in [0, 0.05) is 11.6 Å². The summed E-state index contributed by atoms with van der Waals surface area (Å²) in [7, 11) is 1.56. The molecule has 0 saturated carbocycles. The van der Waals surface area contributed by atoms with Gasteiger partial charge in [0.05, 0.1) is 19.3 Å². The molecule has 2 aromatic carbocycles. The predicted octanol–water partition coefficient (Wildman–Crippen LogP) is 3.59. The molecular formula is C22H25F2N3O4. The van der Waals surface area contributed by atoms with Crippen LogP contribution >= 0.6 is 0 Å². The van der Waals surface area contributed by atoms with Gasteiger partial charge in [-0.1, -0.05) is 12.1 Å². The fourth-order valence-corrected chi connectivity index (χ4v) is 3.46. The van der Waals surface area contributed by atoms with Crippen molar-refractivity contribution in [3.05, 3.63) is 48.5 Å². The van der Waals surface area contributed by atoms with Gasteiger partial charge in [-0.3, -0.25) is 14.5 Å². The van der Waals surface area contributed by atoms with Crippen molar-refractivity contribution in [2.24, 2.45) is 5.92 Å². The van der Waals surface area contributed by atoms with Crippen molar-refractivity contribution >= 4 is 23.2 Å². The van der Waals surface area contributed by atoms with E-state index in [4.69, 9.17) is 4.74 Å². The number of para-hydroxylation sites is 2. The number of carbonyl (C=O) groups is 2. The van der Waals surface area contributed by atoms with E-state index < -0.39 is 6.61 Å². The molecule has 1 heterocycles. The van der Waals surface area contributed by atoms with E-state index in [-0.39, 0.29) is 30.0 Å². The van der Waals surface area contributed by atoms with Gasteiger partial charge >= 0.3 is 6.61 Å². The molecule has 0 spiro atoms. The molecule has 1 saturated heterocycles. The number of hydrogen-bond acceptors (Lipinski definition) is 5. The molecule has 166 valence electrons. The fourth-order valence-electron chi connectivity index (χ4n) is 3.46. The first-order valence-electron chi connectivity index (χ1n) is 9.95. The molecule has 2 aromatic rings. The number of anilines is 2. The number of rotatable bonds is 8. The number of halogens is 2. The zero-order valence-electron chi connectivity index (χ0n) is 17.1. The molecule has 0 unspecified atom stereocenters. The van der Waals surface area contributed by atoms with E-state index in [0.717, 1.165) is 0 Å². The van der Waals surface area contributed by atoms with Crippen molar-refractivity contribution < 1.29 is 27.8 Å². The molecule has 3 rings (SSSR count). The number of nitrogens with zero attached hydrogens (tertiary/aromatic N) is 1. The maximum Gasteiger partial charge on any atom is 0.387 e. The molecule has 2 N–H and O–H groups in total. The van der Waals surface area contributed by atoms with E-state index in [1.807, 2.05) is 17.0 Å². The third-order valence-corrected chi connectivity index (χ3v) is 5.05. The molecule has 1 aliphatic heterocycles. The largest absolute Gasteiger partial charge is 0.495 e. The average Bonchev–Trinajstić information content (AvgIpc) is 2.75. The van der Waals surface area contributed by atoms with Crippen molar-refractivity contribution in [3.63, 3.8) is 0 Å². The Kier molecular flexibility index (Phi) is 7.77. The lowest BCUT2D eigenvalue weighted by Gasteiger charge is -2.30. The molecule has 0 aromatic heterocycles. The summed E-state index contributed by atoms with van der Waals surface area (Å²) in [5.74, 6) is 0.242. The van der Waals surface area contributed by atoms with Crippen LogP contribution in [0.25, 0.3) is 0 Å². The highest BCUT2D eigenvalue weighted by Gasteiger charge is 2.26. The van der Waals surface area contributed by atoms with Gasteiger partial charge in [0.25, 0.3) is 0 Å². The van der Waals surface area contributed by atoms with Gasteiger partial charge in [0.1, 0.15) is 11.5 Å². The van der Waals surface area contributed by atoms with E-state index >= 15 is 0 Å². The van der Waals surface area contributed by atoms with Crippen LogP contribution < -0.4 is 20.1 Å². The highest BCUT2D eigenvalue weighted by molar-refractivity contribution is 5.94. The van der Waals surface area contributed by atoms with Gasteiger partial charge in [0.15, 0.2) is 0 Å². The summed E-state index contributed by atoms with van der Waals surface area (Å²) in [5.41, 5.74) is 1.14. The molecule has 0 bridgehead atoms. The quantitative estimate of drug-likeness (QED) is 0.665. The number of carbonyl (C=O) groups excluding carboxylic acids is 2. The van der Waals surface area contributed by atoms with E-state index in [0.29, 0.717) is 43.1 Å². The molecule has 1 fully saturated rings. The summed E-state index contributed by atoms with van der Waals surface area (Å²) in [5, 5.41) is 5.65. The number of ether oxygens (including phenoxy) is 2. The number of methoxy groups -OCH3 is 1. The number of piperidine rings is 1. The van der Waals surface area contributed by atoms with Crippen molar-refractivity contribution in [1.29, 1.82) is 0 Å². The van der Waals surface area contributed by atoms with Crippen LogP contribution in [0, 0.1) is 5.92 Å². The first kappa shape index (κ1) is 22.5. The van der Waals surface area contributed by atoms with Crippen molar-refractivity contribution in [2.75, 3.05) is 37.4 Å². The van der Waals surface area contributed by atoms with E-state index in [2.05, 4.69) is 15.4 Å². The summed E-state index contributed by atoms with van der Waals surface area (Å²) in [6.07, 6.45) is 1.29. The highest BCUT2D eigenvalue weighted by Crippen LogP contribution is 2.26. The average molecular weight is 433 g/mol. The summed E-state index contributed by atoms with van der Waals surface area (Å²) < 4.78 is 33.9. The number of hydrogen-bond donors (Lipinski definition) is 2. The fraction of sp³-hybridized carbons (Fsp3) is 0.364. The predicted molar refractivity (Wildman–Crippen MR) is 112 cm³/mol. The Hall–Kier alpha value is -3.20. The molecular weight excluding hydrogens is 408 g/mol. The number of benzene rings is 2. The standard InChI is InChI=1S/C22H25F2N3O4/c1-30-19-5-3-2-4-18(19)26-21(29)15-10-12-27(13-11-15)14-20(28)25-16-6-8-17(9-7-16)31-22(23)24/h2-9,15,22H,10-14H2,1H3,(H,25,28)(H,26,29). The van der Waals surface area contributed by atoms with Crippen LogP contribution in [0.1, 0.15) is 12.8 Å². The lowest BCUT2D eigenvalue weighted by atomic mass is 9.95. The molecule has 0 atom stereocenters. The molecule has 0 radical (unpaired) electrons. The lowest BCUT2D eigenvalue weighted by Crippen LogP contribution is -2.41. The van der Waals surface area contributed by atoms with Crippen molar-refractivity contribution in [1.82, 2.24) is 4.90 Å². The molecule has 31 heavy (non-hydrogen) atoms. The van der Waals surface area contributed by atoms with Crippen molar-refractivity contribution in [3.8, 4) is 11.5 Å². The second-order valence-electron chi connectivity index (χ2n) is 7.19. The normalized spacial score (nSPS) is 14.8. The Labute approximate surface area is 179 Å². The first-order valence-corrected chi connectivity index (χ1v) is 9.95. The van der Waals surface area contributed by atoms with E-state index in [9.17, 15) is 18.4 Å². The van der Waals surface area contributed by atoms with Crippen LogP contribution in [0.3, 0.4) is 0 Å². The van der Waals surface area contributed by atoms with Crippen molar-refractivity contribution in [2.45, 2.75) is 19.5 Å². The maximum absolute atomic E-state index is 12.6. The third-order valence-electron chi connectivity index (χ3n) is 5.05. The van der Waals surface area contributed by atoms with Crippen LogP contribution in [-0.2, 0) is 9.59 Å². The number of alkyl halides is 2. The smallest absolute Gasteiger partial charge is 0.387 e. The maximum atomic E-state index is 12.6. The van der Waals surface area contributed by atoms with E-state index in [1.165, 1.54) is 24.3 Å². The minimum absolute atomic E-state index is 0.0291. The Bertz CT molecular complexity index is 885. The zero-order chi connectivity index (χ0) is 22.2. The summed E-state index contributed by atoms with van der Waals surface area (Å²) in [6, 6.07) is 13.0. The lowest BCUT2D eigenvalue weighted by molar-refractivity contribution is -0.121. The monoisotopic (exact) mass is 433 g/mol. The Morgan fingerprint density at radius 3 is 2.39 bits per heavy atom. The Morgan fingerprint density at radius 2 is 1.74 bits per heavy atom. The van der Waals surface area contributed by atoms with Crippen LogP contribution in [0.2, 0.25) is 0 Å². The molecule has 2 amide bonds. The van der Waals surface area contributed by atoms with Gasteiger partial charge in [-0.15, -0.1) is 0 Å². The molecule has 0 aliphatic carbocycles. The SMILES string of the molecule is COc1ccccc1NC(=O)C1CCN(CC(=O)Nc2ccc(OC(F)F)cc2)CC1. The number of amides is 2.